The molecular formula is C17H18FN3. The number of anilines is 1. The second-order valence-corrected chi connectivity index (χ2v) is 6.12. The zero-order chi connectivity index (χ0) is 14.4. The van der Waals surface area contributed by atoms with Crippen LogP contribution in [0.4, 0.5) is 10.1 Å². The van der Waals surface area contributed by atoms with Crippen molar-refractivity contribution in [3.63, 3.8) is 0 Å². The summed E-state index contributed by atoms with van der Waals surface area (Å²) in [7, 11) is 0. The van der Waals surface area contributed by atoms with E-state index in [1.165, 1.54) is 12.8 Å². The maximum absolute atomic E-state index is 14.1. The molecule has 21 heavy (non-hydrogen) atoms. The van der Waals surface area contributed by atoms with Gasteiger partial charge in [0.2, 0.25) is 5.95 Å². The van der Waals surface area contributed by atoms with Gasteiger partial charge >= 0.3 is 0 Å². The Bertz CT molecular complexity index is 668. The number of hydrogen-bond acceptors (Lipinski definition) is 3. The van der Waals surface area contributed by atoms with Crippen molar-refractivity contribution in [1.29, 1.82) is 0 Å². The van der Waals surface area contributed by atoms with Gasteiger partial charge < -0.3 is 11.1 Å². The van der Waals surface area contributed by atoms with E-state index in [2.05, 4.69) is 10.3 Å². The van der Waals surface area contributed by atoms with Gasteiger partial charge in [-0.2, -0.15) is 4.39 Å². The number of rotatable bonds is 2. The zero-order valence-corrected chi connectivity index (χ0v) is 11.7. The van der Waals surface area contributed by atoms with Crippen LogP contribution in [0.15, 0.2) is 36.5 Å². The van der Waals surface area contributed by atoms with Gasteiger partial charge in [0.05, 0.1) is 0 Å². The molecule has 0 radical (unpaired) electrons. The quantitative estimate of drug-likeness (QED) is 0.658. The molecule has 4 heteroatoms. The van der Waals surface area contributed by atoms with Crippen molar-refractivity contribution in [3.05, 3.63) is 48.0 Å². The van der Waals surface area contributed by atoms with E-state index in [4.69, 9.17) is 5.73 Å². The second-order valence-electron chi connectivity index (χ2n) is 6.12. The molecule has 0 aliphatic carbocycles. The lowest BCUT2D eigenvalue weighted by molar-refractivity contribution is 0.502. The average Bonchev–Trinajstić information content (AvgIpc) is 3.12. The van der Waals surface area contributed by atoms with Gasteiger partial charge in [-0.15, -0.1) is 0 Å². The fourth-order valence-electron chi connectivity index (χ4n) is 3.72. The third-order valence-corrected chi connectivity index (χ3v) is 4.81. The van der Waals surface area contributed by atoms with E-state index < -0.39 is 5.95 Å². The number of hydrogen-bond donors (Lipinski definition) is 2. The highest BCUT2D eigenvalue weighted by molar-refractivity contribution is 5.66. The molecule has 2 aliphatic heterocycles. The zero-order valence-electron chi connectivity index (χ0n) is 11.7. The number of nitrogens with zero attached hydrogens (tertiary/aromatic N) is 1. The van der Waals surface area contributed by atoms with Gasteiger partial charge in [0, 0.05) is 35.4 Å². The Morgan fingerprint density at radius 1 is 1.19 bits per heavy atom. The van der Waals surface area contributed by atoms with E-state index >= 15 is 0 Å². The molecule has 2 bridgehead atoms. The van der Waals surface area contributed by atoms with Crippen molar-refractivity contribution in [2.45, 2.75) is 37.3 Å². The highest BCUT2D eigenvalue weighted by atomic mass is 19.1. The van der Waals surface area contributed by atoms with Crippen molar-refractivity contribution in [1.82, 2.24) is 10.3 Å². The minimum atomic E-state index is -0.417. The third kappa shape index (κ3) is 2.20. The Morgan fingerprint density at radius 2 is 2.00 bits per heavy atom. The minimum Gasteiger partial charge on any atom is -0.399 e. The summed E-state index contributed by atoms with van der Waals surface area (Å²) in [6, 6.07) is 10.4. The molecule has 2 fully saturated rings. The van der Waals surface area contributed by atoms with E-state index in [1.807, 2.05) is 18.2 Å². The van der Waals surface area contributed by atoms with E-state index in [1.54, 1.807) is 18.3 Å². The Hall–Kier alpha value is -1.94. The van der Waals surface area contributed by atoms with E-state index in [-0.39, 0.29) is 0 Å². The third-order valence-electron chi connectivity index (χ3n) is 4.81. The molecule has 0 saturated carbocycles. The Kier molecular flexibility index (Phi) is 2.93. The Balaban J connectivity index is 1.71. The molecule has 3 atom stereocenters. The molecule has 3 heterocycles. The second kappa shape index (κ2) is 4.81. The van der Waals surface area contributed by atoms with Crippen molar-refractivity contribution in [2.24, 2.45) is 0 Å². The van der Waals surface area contributed by atoms with Gasteiger partial charge in [-0.1, -0.05) is 12.1 Å². The largest absolute Gasteiger partial charge is 0.399 e. The van der Waals surface area contributed by atoms with Crippen LogP contribution in [0.25, 0.3) is 11.1 Å². The molecule has 0 amide bonds. The smallest absolute Gasteiger partial charge is 0.220 e. The number of benzene rings is 1. The summed E-state index contributed by atoms with van der Waals surface area (Å²) in [5.41, 5.74) is 8.91. The van der Waals surface area contributed by atoms with Gasteiger partial charge in [-0.05, 0) is 48.6 Å². The summed E-state index contributed by atoms with van der Waals surface area (Å²) in [6.07, 6.45) is 5.31. The van der Waals surface area contributed by atoms with E-state index in [0.29, 0.717) is 29.3 Å². The highest BCUT2D eigenvalue weighted by Gasteiger charge is 2.39. The Morgan fingerprint density at radius 3 is 2.67 bits per heavy atom. The molecular weight excluding hydrogens is 265 g/mol. The van der Waals surface area contributed by atoms with Gasteiger partial charge in [-0.3, -0.25) is 0 Å². The molecule has 108 valence electrons. The van der Waals surface area contributed by atoms with Crippen LogP contribution < -0.4 is 11.1 Å². The standard InChI is InChI=1S/C17H18FN3/c18-17-15(10-1-3-12(19)4-2-10)7-11(9-20-17)14-8-13-5-6-16(14)21-13/h1-4,7,9,13-14,16,21H,5-6,8,19H2. The summed E-state index contributed by atoms with van der Waals surface area (Å²) in [5.74, 6) is 0.0454. The van der Waals surface area contributed by atoms with Crippen LogP contribution >= 0.6 is 0 Å². The molecule has 3 unspecified atom stereocenters. The number of halogens is 1. The van der Waals surface area contributed by atoms with Gasteiger partial charge in [0.1, 0.15) is 0 Å². The molecule has 0 spiro atoms. The molecule has 1 aromatic heterocycles. The summed E-state index contributed by atoms with van der Waals surface area (Å²) in [6.45, 7) is 0. The lowest BCUT2D eigenvalue weighted by Crippen LogP contribution is -2.21. The van der Waals surface area contributed by atoms with Crippen molar-refractivity contribution < 1.29 is 4.39 Å². The molecule has 2 saturated heterocycles. The predicted octanol–water partition coefficient (Wildman–Crippen LogP) is 3.08. The van der Waals surface area contributed by atoms with Crippen LogP contribution in [0.3, 0.4) is 0 Å². The van der Waals surface area contributed by atoms with Gasteiger partial charge in [-0.25, -0.2) is 4.98 Å². The number of aromatic nitrogens is 1. The first-order valence-electron chi connectivity index (χ1n) is 7.48. The number of nitrogens with two attached hydrogens (primary N) is 1. The average molecular weight is 283 g/mol. The minimum absolute atomic E-state index is 0.417. The van der Waals surface area contributed by atoms with Crippen molar-refractivity contribution >= 4 is 5.69 Å². The monoisotopic (exact) mass is 283 g/mol. The van der Waals surface area contributed by atoms with Gasteiger partial charge in [0.15, 0.2) is 0 Å². The first kappa shape index (κ1) is 12.8. The van der Waals surface area contributed by atoms with Crippen LogP contribution in [0.5, 0.6) is 0 Å². The Labute approximate surface area is 123 Å². The summed E-state index contributed by atoms with van der Waals surface area (Å²) in [4.78, 5) is 3.98. The van der Waals surface area contributed by atoms with Crippen molar-refractivity contribution in [2.75, 3.05) is 5.73 Å². The van der Waals surface area contributed by atoms with Crippen LogP contribution in [0.2, 0.25) is 0 Å². The predicted molar refractivity (Wildman–Crippen MR) is 81.3 cm³/mol. The summed E-state index contributed by atoms with van der Waals surface area (Å²) < 4.78 is 14.1. The van der Waals surface area contributed by atoms with Crippen LogP contribution in [0, 0.1) is 5.95 Å². The van der Waals surface area contributed by atoms with E-state index in [0.717, 1.165) is 17.5 Å². The summed E-state index contributed by atoms with van der Waals surface area (Å²) >= 11 is 0. The molecule has 4 rings (SSSR count). The lowest BCUT2D eigenvalue weighted by atomic mass is 9.84. The molecule has 1 aromatic carbocycles. The normalized spacial score (nSPS) is 27.2. The molecule has 3 N–H and O–H groups in total. The first-order chi connectivity index (χ1) is 10.2. The fourth-order valence-corrected chi connectivity index (χ4v) is 3.72. The molecule has 2 aromatic rings. The van der Waals surface area contributed by atoms with Crippen LogP contribution in [-0.2, 0) is 0 Å². The highest BCUT2D eigenvalue weighted by Crippen LogP contribution is 2.40. The number of nitrogens with one attached hydrogen (secondary N) is 1. The maximum Gasteiger partial charge on any atom is 0.220 e. The number of pyridine rings is 1. The molecule has 2 aliphatic rings. The fraction of sp³-hybridized carbons (Fsp3) is 0.353. The van der Waals surface area contributed by atoms with Crippen LogP contribution in [-0.4, -0.2) is 17.1 Å². The van der Waals surface area contributed by atoms with Gasteiger partial charge in [0.25, 0.3) is 0 Å². The number of nitrogen functional groups attached to an aromatic ring is 1. The maximum atomic E-state index is 14.1. The SMILES string of the molecule is Nc1ccc(-c2cc(C3CC4CCC3N4)cnc2F)cc1. The van der Waals surface area contributed by atoms with Crippen molar-refractivity contribution in [3.8, 4) is 11.1 Å². The van der Waals surface area contributed by atoms with Crippen LogP contribution in [0.1, 0.15) is 30.7 Å². The summed E-state index contributed by atoms with van der Waals surface area (Å²) in [5, 5.41) is 3.62. The first-order valence-corrected chi connectivity index (χ1v) is 7.48. The number of fused-ring (bicyclic) bond motifs is 2. The lowest BCUT2D eigenvalue weighted by Gasteiger charge is -2.20. The van der Waals surface area contributed by atoms with E-state index in [9.17, 15) is 4.39 Å². The molecule has 3 nitrogen and oxygen atoms in total. The topological polar surface area (TPSA) is 50.9 Å².